The van der Waals surface area contributed by atoms with Gasteiger partial charge < -0.3 is 4.90 Å². The Kier molecular flexibility index (Phi) is 5.12. The second kappa shape index (κ2) is 7.85. The Morgan fingerprint density at radius 3 is 3.00 bits per heavy atom. The maximum Gasteiger partial charge on any atom is 0.277 e. The van der Waals surface area contributed by atoms with Crippen molar-refractivity contribution >= 4 is 34.0 Å². The van der Waals surface area contributed by atoms with Gasteiger partial charge in [-0.3, -0.25) is 19.9 Å². The lowest BCUT2D eigenvalue weighted by atomic mass is 9.99. The second-order valence-electron chi connectivity index (χ2n) is 6.65. The first-order valence-corrected chi connectivity index (χ1v) is 9.90. The second-order valence-corrected chi connectivity index (χ2v) is 7.50. The third kappa shape index (κ3) is 3.91. The van der Waals surface area contributed by atoms with Gasteiger partial charge in [0.1, 0.15) is 5.69 Å². The third-order valence-corrected chi connectivity index (χ3v) is 5.36. The molecule has 1 aliphatic rings. The van der Waals surface area contributed by atoms with E-state index in [0.717, 1.165) is 25.1 Å². The van der Waals surface area contributed by atoms with Crippen LogP contribution in [0.5, 0.6) is 0 Å². The highest BCUT2D eigenvalue weighted by Gasteiger charge is 2.23. The standard InChI is InChI=1S/C20H19N5O2S/c1-13-4-5-17-14(9-13)3-2-8-25(17)18(26)10-15-12-28-20(23-15)24-19(27)16-11-21-6-7-22-16/h4-7,9,11-12H,2-3,8,10H2,1H3,(H,23,24,27). The minimum Gasteiger partial charge on any atom is -0.312 e. The Morgan fingerprint density at radius 2 is 2.18 bits per heavy atom. The van der Waals surface area contributed by atoms with Gasteiger partial charge in [0.25, 0.3) is 5.91 Å². The van der Waals surface area contributed by atoms with E-state index in [1.165, 1.54) is 41.1 Å². The summed E-state index contributed by atoms with van der Waals surface area (Å²) in [5, 5.41) is 4.93. The molecular formula is C20H19N5O2S. The van der Waals surface area contributed by atoms with Crippen LogP contribution in [0.1, 0.15) is 33.7 Å². The number of carbonyl (C=O) groups excluding carboxylic acids is 2. The first kappa shape index (κ1) is 18.2. The number of amides is 2. The summed E-state index contributed by atoms with van der Waals surface area (Å²) in [6.45, 7) is 2.78. The van der Waals surface area contributed by atoms with Gasteiger partial charge in [0.15, 0.2) is 5.13 Å². The fourth-order valence-electron chi connectivity index (χ4n) is 3.26. The molecule has 1 aromatic carbocycles. The van der Waals surface area contributed by atoms with E-state index in [9.17, 15) is 9.59 Å². The predicted molar refractivity (Wildman–Crippen MR) is 108 cm³/mol. The molecule has 2 amide bonds. The fourth-order valence-corrected chi connectivity index (χ4v) is 3.96. The number of hydrogen-bond donors (Lipinski definition) is 1. The van der Waals surface area contributed by atoms with Gasteiger partial charge in [0.05, 0.1) is 18.3 Å². The lowest BCUT2D eigenvalue weighted by molar-refractivity contribution is -0.118. The molecule has 3 heterocycles. The number of nitrogens with one attached hydrogen (secondary N) is 1. The topological polar surface area (TPSA) is 88.1 Å². The number of nitrogens with zero attached hydrogens (tertiary/aromatic N) is 4. The molecule has 3 aromatic rings. The van der Waals surface area contributed by atoms with Crippen molar-refractivity contribution in [2.24, 2.45) is 0 Å². The predicted octanol–water partition coefficient (Wildman–Crippen LogP) is 3.02. The Balaban J connectivity index is 1.43. The number of fused-ring (bicyclic) bond motifs is 1. The van der Waals surface area contributed by atoms with E-state index in [1.54, 1.807) is 5.38 Å². The number of hydrogen-bond acceptors (Lipinski definition) is 6. The summed E-state index contributed by atoms with van der Waals surface area (Å²) >= 11 is 1.29. The SMILES string of the molecule is Cc1ccc2c(c1)CCCN2C(=O)Cc1csc(NC(=O)c2cnccn2)n1. The molecule has 1 aliphatic heterocycles. The normalized spacial score (nSPS) is 13.1. The van der Waals surface area contributed by atoms with Crippen molar-refractivity contribution in [3.05, 3.63) is 64.7 Å². The van der Waals surface area contributed by atoms with E-state index in [-0.39, 0.29) is 23.9 Å². The summed E-state index contributed by atoms with van der Waals surface area (Å²) in [6.07, 6.45) is 6.51. The maximum atomic E-state index is 12.9. The number of aryl methyl sites for hydroxylation is 2. The molecule has 0 atom stereocenters. The van der Waals surface area contributed by atoms with Crippen LogP contribution in [-0.4, -0.2) is 33.3 Å². The van der Waals surface area contributed by atoms with Gasteiger partial charge in [0.2, 0.25) is 5.91 Å². The van der Waals surface area contributed by atoms with Crippen LogP contribution in [-0.2, 0) is 17.6 Å². The minimum absolute atomic E-state index is 0.0157. The molecule has 7 nitrogen and oxygen atoms in total. The van der Waals surface area contributed by atoms with Gasteiger partial charge in [-0.1, -0.05) is 17.7 Å². The van der Waals surface area contributed by atoms with Crippen LogP contribution in [0.4, 0.5) is 10.8 Å². The zero-order valence-corrected chi connectivity index (χ0v) is 16.2. The molecule has 2 aromatic heterocycles. The molecular weight excluding hydrogens is 374 g/mol. The van der Waals surface area contributed by atoms with Crippen molar-refractivity contribution in [1.82, 2.24) is 15.0 Å². The summed E-state index contributed by atoms with van der Waals surface area (Å²) in [4.78, 5) is 39.0. The number of anilines is 2. The van der Waals surface area contributed by atoms with E-state index < -0.39 is 0 Å². The third-order valence-electron chi connectivity index (χ3n) is 4.56. The molecule has 8 heteroatoms. The number of thiazole rings is 1. The maximum absolute atomic E-state index is 12.9. The molecule has 1 N–H and O–H groups in total. The molecule has 0 bridgehead atoms. The number of aromatic nitrogens is 3. The van der Waals surface area contributed by atoms with Crippen LogP contribution in [0.25, 0.3) is 0 Å². The van der Waals surface area contributed by atoms with Crippen molar-refractivity contribution in [3.63, 3.8) is 0 Å². The zero-order valence-electron chi connectivity index (χ0n) is 15.4. The molecule has 0 spiro atoms. The van der Waals surface area contributed by atoms with Crippen molar-refractivity contribution in [1.29, 1.82) is 0 Å². The van der Waals surface area contributed by atoms with Gasteiger partial charge >= 0.3 is 0 Å². The van der Waals surface area contributed by atoms with Crippen LogP contribution < -0.4 is 10.2 Å². The van der Waals surface area contributed by atoms with Crippen LogP contribution >= 0.6 is 11.3 Å². The van der Waals surface area contributed by atoms with Crippen LogP contribution in [0, 0.1) is 6.92 Å². The Bertz CT molecular complexity index is 1020. The molecule has 142 valence electrons. The van der Waals surface area contributed by atoms with E-state index in [2.05, 4.69) is 33.3 Å². The Hall–Kier alpha value is -3.13. The lowest BCUT2D eigenvalue weighted by Crippen LogP contribution is -2.36. The number of benzene rings is 1. The lowest BCUT2D eigenvalue weighted by Gasteiger charge is -2.29. The Labute approximate surface area is 166 Å². The molecule has 4 rings (SSSR count). The van der Waals surface area contributed by atoms with Crippen molar-refractivity contribution in [2.45, 2.75) is 26.2 Å². The van der Waals surface area contributed by atoms with E-state index in [1.807, 2.05) is 17.0 Å². The Morgan fingerprint density at radius 1 is 1.29 bits per heavy atom. The molecule has 0 saturated heterocycles. The summed E-state index contributed by atoms with van der Waals surface area (Å²) in [6, 6.07) is 6.21. The molecule has 0 unspecified atom stereocenters. The minimum atomic E-state index is -0.374. The van der Waals surface area contributed by atoms with Crippen molar-refractivity contribution in [2.75, 3.05) is 16.8 Å². The van der Waals surface area contributed by atoms with Crippen molar-refractivity contribution < 1.29 is 9.59 Å². The average Bonchev–Trinajstić information content (AvgIpc) is 3.14. The molecule has 0 radical (unpaired) electrons. The van der Waals surface area contributed by atoms with Gasteiger partial charge in [-0.05, 0) is 31.4 Å². The largest absolute Gasteiger partial charge is 0.312 e. The van der Waals surface area contributed by atoms with E-state index in [4.69, 9.17) is 0 Å². The molecule has 0 fully saturated rings. The highest BCUT2D eigenvalue weighted by Crippen LogP contribution is 2.28. The van der Waals surface area contributed by atoms with Crippen LogP contribution in [0.15, 0.2) is 42.2 Å². The molecule has 28 heavy (non-hydrogen) atoms. The molecule has 0 aliphatic carbocycles. The summed E-state index contributed by atoms with van der Waals surface area (Å²) in [5.41, 5.74) is 4.28. The molecule has 0 saturated carbocycles. The van der Waals surface area contributed by atoms with Crippen molar-refractivity contribution in [3.8, 4) is 0 Å². The van der Waals surface area contributed by atoms with Gasteiger partial charge in [-0.15, -0.1) is 11.3 Å². The monoisotopic (exact) mass is 393 g/mol. The first-order chi connectivity index (χ1) is 13.6. The zero-order chi connectivity index (χ0) is 19.5. The summed E-state index contributed by atoms with van der Waals surface area (Å²) < 4.78 is 0. The number of carbonyl (C=O) groups is 2. The van der Waals surface area contributed by atoms with Gasteiger partial charge in [-0.2, -0.15) is 0 Å². The quantitative estimate of drug-likeness (QED) is 0.736. The summed E-state index contributed by atoms with van der Waals surface area (Å²) in [5.74, 6) is -0.359. The highest BCUT2D eigenvalue weighted by atomic mass is 32.1. The van der Waals surface area contributed by atoms with Crippen LogP contribution in [0.2, 0.25) is 0 Å². The van der Waals surface area contributed by atoms with Crippen LogP contribution in [0.3, 0.4) is 0 Å². The van der Waals surface area contributed by atoms with E-state index in [0.29, 0.717) is 10.8 Å². The first-order valence-electron chi connectivity index (χ1n) is 9.02. The summed E-state index contributed by atoms with van der Waals surface area (Å²) in [7, 11) is 0. The van der Waals surface area contributed by atoms with E-state index >= 15 is 0 Å². The van der Waals surface area contributed by atoms with Gasteiger partial charge in [-0.25, -0.2) is 9.97 Å². The fraction of sp³-hybridized carbons (Fsp3) is 0.250. The smallest absolute Gasteiger partial charge is 0.277 e. The number of rotatable bonds is 4. The average molecular weight is 393 g/mol. The van der Waals surface area contributed by atoms with Gasteiger partial charge in [0, 0.05) is 30.0 Å². The highest BCUT2D eigenvalue weighted by molar-refractivity contribution is 7.14.